The number of esters is 1. The van der Waals surface area contributed by atoms with E-state index >= 15 is 0 Å². The van der Waals surface area contributed by atoms with Crippen molar-refractivity contribution >= 4 is 12.1 Å². The minimum absolute atomic E-state index is 0.203. The summed E-state index contributed by atoms with van der Waals surface area (Å²) < 4.78 is 11.1. The van der Waals surface area contributed by atoms with E-state index in [2.05, 4.69) is 0 Å². The van der Waals surface area contributed by atoms with Crippen molar-refractivity contribution in [3.05, 3.63) is 71.8 Å². The third-order valence-electron chi connectivity index (χ3n) is 4.71. The Kier molecular flexibility index (Phi) is 4.14. The molecule has 2 aliphatic rings. The molecule has 2 aromatic rings. The molecule has 1 unspecified atom stereocenters. The third kappa shape index (κ3) is 3.22. The van der Waals surface area contributed by atoms with E-state index in [9.17, 15) is 9.59 Å². The highest BCUT2D eigenvalue weighted by Crippen LogP contribution is 2.31. The van der Waals surface area contributed by atoms with E-state index in [0.717, 1.165) is 11.1 Å². The number of hydrogen-bond donors (Lipinski definition) is 0. The third-order valence-corrected chi connectivity index (χ3v) is 4.71. The summed E-state index contributed by atoms with van der Waals surface area (Å²) in [5.41, 5.74) is 1.85. The smallest absolute Gasteiger partial charge is 0.410 e. The van der Waals surface area contributed by atoms with Gasteiger partial charge in [-0.15, -0.1) is 0 Å². The highest BCUT2D eigenvalue weighted by molar-refractivity contribution is 5.77. The summed E-state index contributed by atoms with van der Waals surface area (Å²) in [5.74, 6) is -0.633. The van der Waals surface area contributed by atoms with Crippen LogP contribution in [0.1, 0.15) is 23.7 Å². The molecule has 0 spiro atoms. The fourth-order valence-corrected chi connectivity index (χ4v) is 3.47. The molecule has 0 saturated carbocycles. The van der Waals surface area contributed by atoms with Crippen molar-refractivity contribution in [2.45, 2.75) is 18.6 Å². The largest absolute Gasteiger partial charge is 0.452 e. The standard InChI is InChI=1S/C20H19NO4/c22-19(16-11-17-13-21(12-16)20(23)24-17)25-18(14-7-3-1-4-8-14)15-9-5-2-6-10-15/h1-10,16-18H,11-13H2/t16?,17-/m1/s1. The number of carbonyl (C=O) groups is 2. The minimum atomic E-state index is -0.457. The van der Waals surface area contributed by atoms with E-state index in [0.29, 0.717) is 19.5 Å². The van der Waals surface area contributed by atoms with Gasteiger partial charge in [0.1, 0.15) is 6.10 Å². The summed E-state index contributed by atoms with van der Waals surface area (Å²) in [6.07, 6.45) is -0.466. The van der Waals surface area contributed by atoms with E-state index in [4.69, 9.17) is 9.47 Å². The zero-order chi connectivity index (χ0) is 17.2. The van der Waals surface area contributed by atoms with Crippen molar-refractivity contribution in [2.24, 2.45) is 5.92 Å². The number of amides is 1. The van der Waals surface area contributed by atoms with Gasteiger partial charge in [0, 0.05) is 13.0 Å². The van der Waals surface area contributed by atoms with Crippen molar-refractivity contribution in [1.29, 1.82) is 0 Å². The van der Waals surface area contributed by atoms with Crippen LogP contribution >= 0.6 is 0 Å². The number of benzene rings is 2. The first-order valence-electron chi connectivity index (χ1n) is 8.46. The first-order valence-corrected chi connectivity index (χ1v) is 8.46. The van der Waals surface area contributed by atoms with Crippen LogP contribution in [0.25, 0.3) is 0 Å². The predicted octanol–water partition coefficient (Wildman–Crippen LogP) is 3.16. The average Bonchev–Trinajstić information content (AvgIpc) is 2.92. The van der Waals surface area contributed by atoms with E-state index in [-0.39, 0.29) is 24.1 Å². The maximum atomic E-state index is 12.8. The van der Waals surface area contributed by atoms with Gasteiger partial charge in [-0.3, -0.25) is 4.79 Å². The van der Waals surface area contributed by atoms with Crippen LogP contribution < -0.4 is 0 Å². The number of piperidine rings is 1. The minimum Gasteiger partial charge on any atom is -0.452 e. The summed E-state index contributed by atoms with van der Waals surface area (Å²) >= 11 is 0. The monoisotopic (exact) mass is 337 g/mol. The molecule has 2 aromatic carbocycles. The average molecular weight is 337 g/mol. The molecular formula is C20H19NO4. The molecule has 2 saturated heterocycles. The SMILES string of the molecule is O=C(OC(c1ccccc1)c1ccccc1)C1C[C@@H]2CN(C1)C(=O)O2. The Hall–Kier alpha value is -2.82. The molecule has 2 heterocycles. The lowest BCUT2D eigenvalue weighted by Crippen LogP contribution is -2.40. The lowest BCUT2D eigenvalue weighted by atomic mass is 9.96. The maximum absolute atomic E-state index is 12.8. The fourth-order valence-electron chi connectivity index (χ4n) is 3.47. The molecule has 0 aliphatic carbocycles. The van der Waals surface area contributed by atoms with Gasteiger partial charge in [0.15, 0.2) is 6.10 Å². The zero-order valence-electron chi connectivity index (χ0n) is 13.7. The molecule has 0 N–H and O–H groups in total. The van der Waals surface area contributed by atoms with Crippen molar-refractivity contribution in [2.75, 3.05) is 13.1 Å². The summed E-state index contributed by atoms with van der Waals surface area (Å²) in [4.78, 5) is 26.0. The highest BCUT2D eigenvalue weighted by atomic mass is 16.6. The van der Waals surface area contributed by atoms with Crippen LogP contribution in [0.5, 0.6) is 0 Å². The summed E-state index contributed by atoms with van der Waals surface area (Å²) in [7, 11) is 0. The summed E-state index contributed by atoms with van der Waals surface area (Å²) in [5, 5.41) is 0. The molecule has 2 atom stereocenters. The molecule has 2 fully saturated rings. The Balaban J connectivity index is 1.55. The van der Waals surface area contributed by atoms with Gasteiger partial charge in [-0.25, -0.2) is 4.79 Å². The van der Waals surface area contributed by atoms with Crippen molar-refractivity contribution in [3.8, 4) is 0 Å². The molecule has 2 bridgehead atoms. The van der Waals surface area contributed by atoms with Crippen LogP contribution in [0.3, 0.4) is 0 Å². The van der Waals surface area contributed by atoms with Gasteiger partial charge in [0.05, 0.1) is 12.5 Å². The first-order chi connectivity index (χ1) is 12.2. The van der Waals surface area contributed by atoms with Gasteiger partial charge in [-0.05, 0) is 11.1 Å². The Morgan fingerprint density at radius 3 is 2.16 bits per heavy atom. The van der Waals surface area contributed by atoms with Gasteiger partial charge in [-0.1, -0.05) is 60.7 Å². The highest BCUT2D eigenvalue weighted by Gasteiger charge is 2.42. The van der Waals surface area contributed by atoms with Crippen LogP contribution in [0.15, 0.2) is 60.7 Å². The summed E-state index contributed by atoms with van der Waals surface area (Å²) in [6.45, 7) is 0.938. The number of nitrogens with zero attached hydrogens (tertiary/aromatic N) is 1. The lowest BCUT2D eigenvalue weighted by Gasteiger charge is -2.27. The van der Waals surface area contributed by atoms with E-state index in [1.165, 1.54) is 0 Å². The van der Waals surface area contributed by atoms with E-state index in [1.54, 1.807) is 4.90 Å². The van der Waals surface area contributed by atoms with Gasteiger partial charge >= 0.3 is 12.1 Å². The van der Waals surface area contributed by atoms with Gasteiger partial charge < -0.3 is 14.4 Å². The van der Waals surface area contributed by atoms with E-state index in [1.807, 2.05) is 60.7 Å². The molecule has 2 aliphatic heterocycles. The van der Waals surface area contributed by atoms with Crippen LogP contribution in [0.2, 0.25) is 0 Å². The molecule has 0 aromatic heterocycles. The maximum Gasteiger partial charge on any atom is 0.410 e. The fraction of sp³-hybridized carbons (Fsp3) is 0.300. The summed E-state index contributed by atoms with van der Waals surface area (Å²) in [6, 6.07) is 19.4. The number of ether oxygens (including phenoxy) is 2. The predicted molar refractivity (Wildman–Crippen MR) is 90.8 cm³/mol. The molecule has 5 nitrogen and oxygen atoms in total. The lowest BCUT2D eigenvalue weighted by molar-refractivity contribution is -0.154. The van der Waals surface area contributed by atoms with Gasteiger partial charge in [-0.2, -0.15) is 0 Å². The van der Waals surface area contributed by atoms with Crippen LogP contribution in [-0.4, -0.2) is 36.2 Å². The van der Waals surface area contributed by atoms with Crippen molar-refractivity contribution in [1.82, 2.24) is 4.90 Å². The zero-order valence-corrected chi connectivity index (χ0v) is 13.7. The van der Waals surface area contributed by atoms with Crippen molar-refractivity contribution in [3.63, 3.8) is 0 Å². The first kappa shape index (κ1) is 15.7. The Morgan fingerprint density at radius 1 is 1.00 bits per heavy atom. The molecular weight excluding hydrogens is 318 g/mol. The van der Waals surface area contributed by atoms with Crippen LogP contribution in [-0.2, 0) is 14.3 Å². The van der Waals surface area contributed by atoms with Gasteiger partial charge in [0.2, 0.25) is 0 Å². The Bertz CT molecular complexity index is 722. The van der Waals surface area contributed by atoms with Crippen molar-refractivity contribution < 1.29 is 19.1 Å². The van der Waals surface area contributed by atoms with E-state index < -0.39 is 6.10 Å². The van der Waals surface area contributed by atoms with Gasteiger partial charge in [0.25, 0.3) is 0 Å². The number of fused-ring (bicyclic) bond motifs is 2. The molecule has 25 heavy (non-hydrogen) atoms. The molecule has 128 valence electrons. The van der Waals surface area contributed by atoms with Crippen LogP contribution in [0.4, 0.5) is 4.79 Å². The number of rotatable bonds is 4. The number of carbonyl (C=O) groups excluding carboxylic acids is 2. The molecule has 1 amide bonds. The Morgan fingerprint density at radius 2 is 1.60 bits per heavy atom. The second-order valence-corrected chi connectivity index (χ2v) is 6.48. The molecule has 4 rings (SSSR count). The number of hydrogen-bond acceptors (Lipinski definition) is 4. The second-order valence-electron chi connectivity index (χ2n) is 6.48. The normalized spacial score (nSPS) is 22.0. The molecule has 5 heteroatoms. The Labute approximate surface area is 146 Å². The second kappa shape index (κ2) is 6.59. The van der Waals surface area contributed by atoms with Crippen LogP contribution in [0, 0.1) is 5.92 Å². The quantitative estimate of drug-likeness (QED) is 0.804. The topological polar surface area (TPSA) is 55.8 Å². The molecule has 0 radical (unpaired) electrons.